The van der Waals surface area contributed by atoms with Crippen LogP contribution >= 0.6 is 23.2 Å². The molecule has 1 heterocycles. The van der Waals surface area contributed by atoms with Gasteiger partial charge in [-0.05, 0) is 18.2 Å². The molecule has 1 N–H and O–H groups in total. The number of H-pyrrole nitrogens is 1. The summed E-state index contributed by atoms with van der Waals surface area (Å²) in [6, 6.07) is 4.71. The number of benzene rings is 1. The average molecular weight is 258 g/mol. The largest absolute Gasteiger partial charge is 0.314 e. The van der Waals surface area contributed by atoms with E-state index in [1.54, 1.807) is 18.2 Å². The SMILES string of the molecule is O=[N+]([O-])c1cn[nH]c1-c1cc(Cl)cc(Cl)c1. The van der Waals surface area contributed by atoms with Crippen LogP contribution in [0.2, 0.25) is 10.0 Å². The molecule has 1 aromatic carbocycles. The number of rotatable bonds is 2. The molecule has 1 aromatic heterocycles. The Kier molecular flexibility index (Phi) is 2.80. The van der Waals surface area contributed by atoms with Crippen molar-refractivity contribution in [3.8, 4) is 11.3 Å². The molecular formula is C9H5Cl2N3O2. The van der Waals surface area contributed by atoms with Gasteiger partial charge in [0.15, 0.2) is 0 Å². The Morgan fingerprint density at radius 1 is 1.25 bits per heavy atom. The van der Waals surface area contributed by atoms with Crippen LogP contribution in [-0.4, -0.2) is 15.1 Å². The maximum atomic E-state index is 10.7. The minimum Gasteiger partial charge on any atom is -0.271 e. The van der Waals surface area contributed by atoms with E-state index in [1.165, 1.54) is 0 Å². The average Bonchev–Trinajstić information content (AvgIpc) is 2.63. The second kappa shape index (κ2) is 4.11. The van der Waals surface area contributed by atoms with Crippen molar-refractivity contribution < 1.29 is 4.92 Å². The van der Waals surface area contributed by atoms with Crippen molar-refractivity contribution >= 4 is 28.9 Å². The Morgan fingerprint density at radius 2 is 1.88 bits per heavy atom. The first-order chi connectivity index (χ1) is 7.58. The zero-order chi connectivity index (χ0) is 11.7. The number of nitrogens with zero attached hydrogens (tertiary/aromatic N) is 2. The van der Waals surface area contributed by atoms with Crippen LogP contribution in [0.3, 0.4) is 0 Å². The van der Waals surface area contributed by atoms with Gasteiger partial charge in [0.05, 0.1) is 4.92 Å². The summed E-state index contributed by atoms with van der Waals surface area (Å²) in [6.07, 6.45) is 1.14. The number of aromatic amines is 1. The lowest BCUT2D eigenvalue weighted by molar-refractivity contribution is -0.384. The highest BCUT2D eigenvalue weighted by atomic mass is 35.5. The monoisotopic (exact) mass is 257 g/mol. The first-order valence-electron chi connectivity index (χ1n) is 4.22. The smallest absolute Gasteiger partial charge is 0.271 e. The molecule has 5 nitrogen and oxygen atoms in total. The molecule has 0 saturated carbocycles. The van der Waals surface area contributed by atoms with E-state index in [0.717, 1.165) is 6.20 Å². The van der Waals surface area contributed by atoms with Gasteiger partial charge in [-0.1, -0.05) is 23.2 Å². The van der Waals surface area contributed by atoms with Crippen LogP contribution in [0.25, 0.3) is 11.3 Å². The van der Waals surface area contributed by atoms with Crippen LogP contribution in [0.4, 0.5) is 5.69 Å². The van der Waals surface area contributed by atoms with Gasteiger partial charge in [0.1, 0.15) is 11.9 Å². The topological polar surface area (TPSA) is 71.8 Å². The molecule has 16 heavy (non-hydrogen) atoms. The van der Waals surface area contributed by atoms with E-state index in [0.29, 0.717) is 15.6 Å². The van der Waals surface area contributed by atoms with Crippen molar-refractivity contribution in [1.82, 2.24) is 10.2 Å². The minimum absolute atomic E-state index is 0.113. The first-order valence-corrected chi connectivity index (χ1v) is 4.98. The summed E-state index contributed by atoms with van der Waals surface area (Å²) in [5, 5.41) is 17.7. The molecule has 0 radical (unpaired) electrons. The molecule has 0 spiro atoms. The fraction of sp³-hybridized carbons (Fsp3) is 0. The maximum Gasteiger partial charge on any atom is 0.314 e. The van der Waals surface area contributed by atoms with E-state index in [4.69, 9.17) is 23.2 Å². The van der Waals surface area contributed by atoms with Crippen LogP contribution in [0.15, 0.2) is 24.4 Å². The molecule has 0 bridgehead atoms. The molecule has 0 aliphatic rings. The van der Waals surface area contributed by atoms with Crippen LogP contribution in [0.5, 0.6) is 0 Å². The summed E-state index contributed by atoms with van der Waals surface area (Å²) >= 11 is 11.6. The quantitative estimate of drug-likeness (QED) is 0.663. The van der Waals surface area contributed by atoms with E-state index in [9.17, 15) is 10.1 Å². The van der Waals surface area contributed by atoms with E-state index in [2.05, 4.69) is 10.2 Å². The summed E-state index contributed by atoms with van der Waals surface area (Å²) in [6.45, 7) is 0. The Hall–Kier alpha value is -1.59. The van der Waals surface area contributed by atoms with Crippen molar-refractivity contribution in [3.05, 3.63) is 44.6 Å². The highest BCUT2D eigenvalue weighted by Gasteiger charge is 2.18. The second-order valence-corrected chi connectivity index (χ2v) is 3.92. The lowest BCUT2D eigenvalue weighted by Gasteiger charge is -2.00. The maximum absolute atomic E-state index is 10.7. The second-order valence-electron chi connectivity index (χ2n) is 3.05. The predicted octanol–water partition coefficient (Wildman–Crippen LogP) is 3.29. The van der Waals surface area contributed by atoms with Gasteiger partial charge in [-0.2, -0.15) is 5.10 Å². The summed E-state index contributed by atoms with van der Waals surface area (Å²) < 4.78 is 0. The van der Waals surface area contributed by atoms with Crippen LogP contribution < -0.4 is 0 Å². The predicted molar refractivity (Wildman–Crippen MR) is 60.7 cm³/mol. The fourth-order valence-corrected chi connectivity index (χ4v) is 1.85. The standard InChI is InChI=1S/C9H5Cl2N3O2/c10-6-1-5(2-7(11)3-6)9-8(14(15)16)4-12-13-9/h1-4H,(H,12,13). The number of hydrogen-bond acceptors (Lipinski definition) is 3. The van der Waals surface area contributed by atoms with Crippen molar-refractivity contribution in [2.45, 2.75) is 0 Å². The van der Waals surface area contributed by atoms with Crippen LogP contribution in [-0.2, 0) is 0 Å². The lowest BCUT2D eigenvalue weighted by atomic mass is 10.1. The molecule has 0 aliphatic heterocycles. The first kappa shape index (κ1) is 10.9. The van der Waals surface area contributed by atoms with E-state index >= 15 is 0 Å². The summed E-state index contributed by atoms with van der Waals surface area (Å²) in [5.74, 6) is 0. The third kappa shape index (κ3) is 2.00. The molecule has 0 aliphatic carbocycles. The van der Waals surface area contributed by atoms with Gasteiger partial charge in [0, 0.05) is 15.6 Å². The zero-order valence-electron chi connectivity index (χ0n) is 7.78. The molecule has 2 rings (SSSR count). The Morgan fingerprint density at radius 3 is 2.44 bits per heavy atom. The van der Waals surface area contributed by atoms with Crippen molar-refractivity contribution in [2.24, 2.45) is 0 Å². The highest BCUT2D eigenvalue weighted by Crippen LogP contribution is 2.31. The van der Waals surface area contributed by atoms with Gasteiger partial charge in [-0.3, -0.25) is 15.2 Å². The summed E-state index contributed by atoms with van der Waals surface area (Å²) in [5.41, 5.74) is 0.703. The molecule has 7 heteroatoms. The molecule has 0 atom stereocenters. The van der Waals surface area contributed by atoms with Gasteiger partial charge in [0.25, 0.3) is 0 Å². The number of halogens is 2. The Balaban J connectivity index is 2.58. The zero-order valence-corrected chi connectivity index (χ0v) is 9.29. The minimum atomic E-state index is -0.520. The summed E-state index contributed by atoms with van der Waals surface area (Å²) in [4.78, 5) is 10.2. The van der Waals surface area contributed by atoms with Gasteiger partial charge < -0.3 is 0 Å². The van der Waals surface area contributed by atoms with Gasteiger partial charge in [-0.25, -0.2) is 0 Å². The van der Waals surface area contributed by atoms with Crippen molar-refractivity contribution in [2.75, 3.05) is 0 Å². The molecule has 0 unspecified atom stereocenters. The summed E-state index contributed by atoms with van der Waals surface area (Å²) in [7, 11) is 0. The van der Waals surface area contributed by atoms with Crippen molar-refractivity contribution in [3.63, 3.8) is 0 Å². The highest BCUT2D eigenvalue weighted by molar-refractivity contribution is 6.35. The van der Waals surface area contributed by atoms with Crippen molar-refractivity contribution in [1.29, 1.82) is 0 Å². The molecule has 0 amide bonds. The van der Waals surface area contributed by atoms with Gasteiger partial charge in [-0.15, -0.1) is 0 Å². The Bertz CT molecular complexity index is 533. The fourth-order valence-electron chi connectivity index (χ4n) is 1.33. The number of nitrogens with one attached hydrogen (secondary N) is 1. The number of hydrogen-bond donors (Lipinski definition) is 1. The molecule has 82 valence electrons. The van der Waals surface area contributed by atoms with Gasteiger partial charge >= 0.3 is 5.69 Å². The van der Waals surface area contributed by atoms with E-state index in [1.807, 2.05) is 0 Å². The third-order valence-electron chi connectivity index (χ3n) is 1.97. The normalized spacial score (nSPS) is 10.4. The Labute approximate surface area is 100 Å². The van der Waals surface area contributed by atoms with E-state index < -0.39 is 4.92 Å². The lowest BCUT2D eigenvalue weighted by Crippen LogP contribution is -1.89. The van der Waals surface area contributed by atoms with Crippen LogP contribution in [0.1, 0.15) is 0 Å². The van der Waals surface area contributed by atoms with Crippen LogP contribution in [0, 0.1) is 10.1 Å². The molecule has 2 aromatic rings. The molecule has 0 saturated heterocycles. The molecular weight excluding hydrogens is 253 g/mol. The molecule has 0 fully saturated rings. The number of nitro groups is 1. The van der Waals surface area contributed by atoms with E-state index in [-0.39, 0.29) is 11.4 Å². The number of aromatic nitrogens is 2. The third-order valence-corrected chi connectivity index (χ3v) is 2.40. The van der Waals surface area contributed by atoms with Gasteiger partial charge in [0.2, 0.25) is 0 Å².